The van der Waals surface area contributed by atoms with Crippen LogP contribution in [0.1, 0.15) is 49.9 Å². The highest BCUT2D eigenvalue weighted by Gasteiger charge is 2.28. The molecule has 0 heterocycles. The van der Waals surface area contributed by atoms with E-state index in [-0.39, 0.29) is 17.3 Å². The smallest absolute Gasteiger partial charge is 0.339 e. The minimum Gasteiger partial charge on any atom is -0.465 e. The molecule has 2 rings (SSSR count). The van der Waals surface area contributed by atoms with Crippen molar-refractivity contribution in [3.8, 4) is 0 Å². The number of ether oxygens (including phenoxy) is 1. The molecular formula is C16H22FNO2. The number of benzene rings is 1. The second-order valence-electron chi connectivity index (χ2n) is 6.28. The van der Waals surface area contributed by atoms with Crippen LogP contribution >= 0.6 is 0 Å². The molecular weight excluding hydrogens is 257 g/mol. The summed E-state index contributed by atoms with van der Waals surface area (Å²) in [6.45, 7) is 4.49. The van der Waals surface area contributed by atoms with Crippen LogP contribution in [0.5, 0.6) is 0 Å². The van der Waals surface area contributed by atoms with Crippen molar-refractivity contribution in [2.45, 2.75) is 45.6 Å². The Bertz CT molecular complexity index is 499. The van der Waals surface area contributed by atoms with Crippen LogP contribution in [0.3, 0.4) is 0 Å². The van der Waals surface area contributed by atoms with Crippen LogP contribution in [0.15, 0.2) is 18.2 Å². The molecule has 0 aliphatic heterocycles. The Kier molecular flexibility index (Phi) is 4.31. The number of carbonyl (C=O) groups excluding carboxylic acids is 1. The molecule has 0 bridgehead atoms. The van der Waals surface area contributed by atoms with E-state index in [4.69, 9.17) is 4.74 Å². The molecule has 1 saturated carbocycles. The van der Waals surface area contributed by atoms with Gasteiger partial charge in [0.25, 0.3) is 0 Å². The van der Waals surface area contributed by atoms with E-state index in [2.05, 4.69) is 19.2 Å². The molecule has 1 aliphatic carbocycles. The summed E-state index contributed by atoms with van der Waals surface area (Å²) in [5.41, 5.74) is 1.20. The Labute approximate surface area is 119 Å². The average Bonchev–Trinajstić information content (AvgIpc) is 2.37. The zero-order chi connectivity index (χ0) is 14.8. The Morgan fingerprint density at radius 3 is 2.85 bits per heavy atom. The van der Waals surface area contributed by atoms with E-state index in [1.165, 1.54) is 31.7 Å². The van der Waals surface area contributed by atoms with Gasteiger partial charge < -0.3 is 10.1 Å². The van der Waals surface area contributed by atoms with Crippen molar-refractivity contribution < 1.29 is 13.9 Å². The van der Waals surface area contributed by atoms with Crippen LogP contribution in [0, 0.1) is 11.2 Å². The van der Waals surface area contributed by atoms with Crippen LogP contribution in [-0.2, 0) is 4.74 Å². The number of anilines is 1. The van der Waals surface area contributed by atoms with Gasteiger partial charge in [-0.15, -0.1) is 0 Å². The van der Waals surface area contributed by atoms with E-state index in [0.717, 1.165) is 19.3 Å². The van der Waals surface area contributed by atoms with Gasteiger partial charge in [0.2, 0.25) is 0 Å². The van der Waals surface area contributed by atoms with Gasteiger partial charge >= 0.3 is 5.97 Å². The highest BCUT2D eigenvalue weighted by molar-refractivity contribution is 5.95. The lowest BCUT2D eigenvalue weighted by molar-refractivity contribution is 0.0601. The fourth-order valence-electron chi connectivity index (χ4n) is 2.97. The second kappa shape index (κ2) is 5.81. The van der Waals surface area contributed by atoms with E-state index in [1.54, 1.807) is 0 Å². The first kappa shape index (κ1) is 14.8. The number of nitrogens with one attached hydrogen (secondary N) is 1. The third-order valence-electron chi connectivity index (χ3n) is 3.95. The van der Waals surface area contributed by atoms with Gasteiger partial charge in [-0.25, -0.2) is 9.18 Å². The summed E-state index contributed by atoms with van der Waals surface area (Å²) in [5.74, 6) is -0.794. The van der Waals surface area contributed by atoms with Crippen molar-refractivity contribution in [3.05, 3.63) is 29.6 Å². The predicted octanol–water partition coefficient (Wildman–Crippen LogP) is 3.99. The minimum atomic E-state index is -0.442. The van der Waals surface area contributed by atoms with Crippen molar-refractivity contribution in [2.75, 3.05) is 12.4 Å². The Morgan fingerprint density at radius 1 is 1.45 bits per heavy atom. The highest BCUT2D eigenvalue weighted by atomic mass is 19.1. The fraction of sp³-hybridized carbons (Fsp3) is 0.562. The van der Waals surface area contributed by atoms with Gasteiger partial charge in [0.05, 0.1) is 18.4 Å². The summed E-state index contributed by atoms with van der Waals surface area (Å²) in [6, 6.07) is 4.39. The molecule has 1 N–H and O–H groups in total. The van der Waals surface area contributed by atoms with E-state index in [9.17, 15) is 9.18 Å². The second-order valence-corrected chi connectivity index (χ2v) is 6.28. The number of hydrogen-bond acceptors (Lipinski definition) is 3. The average molecular weight is 279 g/mol. The number of esters is 1. The highest BCUT2D eigenvalue weighted by Crippen LogP contribution is 2.36. The molecule has 1 aromatic carbocycles. The molecule has 20 heavy (non-hydrogen) atoms. The van der Waals surface area contributed by atoms with Crippen molar-refractivity contribution in [2.24, 2.45) is 5.41 Å². The summed E-state index contributed by atoms with van der Waals surface area (Å²) in [5, 5.41) is 3.32. The van der Waals surface area contributed by atoms with E-state index in [1.807, 2.05) is 0 Å². The molecule has 1 aliphatic rings. The van der Waals surface area contributed by atoms with Crippen LogP contribution < -0.4 is 5.32 Å². The predicted molar refractivity (Wildman–Crippen MR) is 77.4 cm³/mol. The Morgan fingerprint density at radius 2 is 2.20 bits per heavy atom. The summed E-state index contributed by atoms with van der Waals surface area (Å²) in [7, 11) is 1.33. The minimum absolute atomic E-state index is 0.268. The summed E-state index contributed by atoms with van der Waals surface area (Å²) in [6.07, 6.45) is 4.41. The van der Waals surface area contributed by atoms with Crippen LogP contribution in [0.4, 0.5) is 10.1 Å². The molecule has 0 amide bonds. The topological polar surface area (TPSA) is 38.3 Å². The first-order valence-electron chi connectivity index (χ1n) is 7.06. The zero-order valence-corrected chi connectivity index (χ0v) is 12.3. The first-order chi connectivity index (χ1) is 9.41. The lowest BCUT2D eigenvalue weighted by atomic mass is 9.75. The molecule has 0 saturated heterocycles. The molecule has 1 unspecified atom stereocenters. The summed E-state index contributed by atoms with van der Waals surface area (Å²) >= 11 is 0. The third kappa shape index (κ3) is 3.50. The van der Waals surface area contributed by atoms with E-state index >= 15 is 0 Å². The monoisotopic (exact) mass is 279 g/mol. The number of hydrogen-bond donors (Lipinski definition) is 1. The number of halogens is 1. The van der Waals surface area contributed by atoms with Crippen LogP contribution in [0.25, 0.3) is 0 Å². The molecule has 0 spiro atoms. The van der Waals surface area contributed by atoms with Gasteiger partial charge in [-0.2, -0.15) is 0 Å². The molecule has 1 fully saturated rings. The third-order valence-corrected chi connectivity index (χ3v) is 3.95. The fourth-order valence-corrected chi connectivity index (χ4v) is 2.97. The van der Waals surface area contributed by atoms with Crippen LogP contribution in [0.2, 0.25) is 0 Å². The number of rotatable bonds is 3. The number of methoxy groups -OCH3 is 1. The normalized spacial score (nSPS) is 21.3. The zero-order valence-electron chi connectivity index (χ0n) is 12.3. The maximum atomic E-state index is 13.4. The van der Waals surface area contributed by atoms with Gasteiger partial charge in [0.1, 0.15) is 5.82 Å². The molecule has 1 aromatic rings. The quantitative estimate of drug-likeness (QED) is 0.850. The lowest BCUT2D eigenvalue weighted by Crippen LogP contribution is -2.32. The van der Waals surface area contributed by atoms with Crippen molar-refractivity contribution in [3.63, 3.8) is 0 Å². The molecule has 110 valence electrons. The standard InChI is InChI=1S/C16H22FNO2/c1-16(2)8-4-5-12(10-16)18-14-9-11(17)6-7-13(14)15(19)20-3/h6-7,9,12,18H,4-5,8,10H2,1-3H3. The van der Waals surface area contributed by atoms with Gasteiger partial charge in [0.15, 0.2) is 0 Å². The van der Waals surface area contributed by atoms with Gasteiger partial charge in [-0.1, -0.05) is 20.3 Å². The first-order valence-corrected chi connectivity index (χ1v) is 7.06. The number of carbonyl (C=O) groups is 1. The van der Waals surface area contributed by atoms with E-state index in [0.29, 0.717) is 11.3 Å². The van der Waals surface area contributed by atoms with Crippen molar-refractivity contribution >= 4 is 11.7 Å². The molecule has 0 aromatic heterocycles. The van der Waals surface area contributed by atoms with Gasteiger partial charge in [-0.05, 0) is 42.9 Å². The van der Waals surface area contributed by atoms with Crippen molar-refractivity contribution in [1.29, 1.82) is 0 Å². The van der Waals surface area contributed by atoms with Crippen LogP contribution in [-0.4, -0.2) is 19.1 Å². The summed E-state index contributed by atoms with van der Waals surface area (Å²) in [4.78, 5) is 11.7. The lowest BCUT2D eigenvalue weighted by Gasteiger charge is -2.36. The van der Waals surface area contributed by atoms with E-state index < -0.39 is 5.97 Å². The van der Waals surface area contributed by atoms with Gasteiger partial charge in [0, 0.05) is 6.04 Å². The maximum Gasteiger partial charge on any atom is 0.339 e. The molecule has 0 radical (unpaired) electrons. The SMILES string of the molecule is COC(=O)c1ccc(F)cc1NC1CCCC(C)(C)C1. The Balaban J connectivity index is 2.19. The van der Waals surface area contributed by atoms with Gasteiger partial charge in [-0.3, -0.25) is 0 Å². The summed E-state index contributed by atoms with van der Waals surface area (Å²) < 4.78 is 18.2. The molecule has 3 nitrogen and oxygen atoms in total. The van der Waals surface area contributed by atoms with Crippen molar-refractivity contribution in [1.82, 2.24) is 0 Å². The Hall–Kier alpha value is -1.58. The molecule has 4 heteroatoms. The molecule has 1 atom stereocenters. The maximum absolute atomic E-state index is 13.4. The largest absolute Gasteiger partial charge is 0.465 e.